The molecule has 1 N–H and O–H groups in total. The molecule has 0 unspecified atom stereocenters. The summed E-state index contributed by atoms with van der Waals surface area (Å²) >= 11 is 0. The minimum Gasteiger partial charge on any atom is -0.310 e. The first-order valence-electron chi connectivity index (χ1n) is 7.96. The van der Waals surface area contributed by atoms with E-state index >= 15 is 0 Å². The van der Waals surface area contributed by atoms with E-state index in [1.54, 1.807) is 12.1 Å². The Hall–Kier alpha value is -1.94. The number of halogens is 1. The molecule has 0 saturated heterocycles. The summed E-state index contributed by atoms with van der Waals surface area (Å²) in [6.45, 7) is 0.639. The molecule has 22 heavy (non-hydrogen) atoms. The molecule has 2 aromatic rings. The van der Waals surface area contributed by atoms with Gasteiger partial charge in [-0.25, -0.2) is 4.39 Å². The maximum absolute atomic E-state index is 13.1. The quantitative estimate of drug-likeness (QED) is 0.919. The monoisotopic (exact) mass is 298 g/mol. The Bertz CT molecular complexity index is 743. The van der Waals surface area contributed by atoms with E-state index < -0.39 is 0 Å². The Morgan fingerprint density at radius 3 is 2.41 bits per heavy atom. The van der Waals surface area contributed by atoms with Gasteiger partial charge >= 0.3 is 0 Å². The molecule has 0 amide bonds. The van der Waals surface area contributed by atoms with E-state index in [1.807, 2.05) is 16.7 Å². The largest absolute Gasteiger partial charge is 0.310 e. The van der Waals surface area contributed by atoms with Gasteiger partial charge in [0, 0.05) is 24.2 Å². The van der Waals surface area contributed by atoms with E-state index in [-0.39, 0.29) is 11.4 Å². The van der Waals surface area contributed by atoms with Crippen LogP contribution in [0, 0.1) is 5.82 Å². The number of hydrogen-bond donors (Lipinski definition) is 1. The SMILES string of the molecule is O=c1c(CNC2CC2)ccc(-c2ccc(F)cc2)n1C1CC1. The van der Waals surface area contributed by atoms with E-state index in [4.69, 9.17) is 0 Å². The minimum atomic E-state index is -0.255. The maximum Gasteiger partial charge on any atom is 0.255 e. The van der Waals surface area contributed by atoms with Gasteiger partial charge in [-0.3, -0.25) is 4.79 Å². The maximum atomic E-state index is 13.1. The van der Waals surface area contributed by atoms with Gasteiger partial charge < -0.3 is 9.88 Å². The van der Waals surface area contributed by atoms with Crippen LogP contribution in [0.4, 0.5) is 4.39 Å². The fourth-order valence-corrected chi connectivity index (χ4v) is 2.82. The van der Waals surface area contributed by atoms with E-state index in [1.165, 1.54) is 25.0 Å². The van der Waals surface area contributed by atoms with Gasteiger partial charge in [-0.2, -0.15) is 0 Å². The Kier molecular flexibility index (Phi) is 3.34. The van der Waals surface area contributed by atoms with Gasteiger partial charge in [0.05, 0.1) is 5.69 Å². The number of benzene rings is 1. The lowest BCUT2D eigenvalue weighted by Gasteiger charge is -2.14. The molecule has 0 radical (unpaired) electrons. The molecule has 0 spiro atoms. The van der Waals surface area contributed by atoms with Crippen molar-refractivity contribution in [1.82, 2.24) is 9.88 Å². The molecule has 0 aliphatic heterocycles. The Morgan fingerprint density at radius 1 is 1.05 bits per heavy atom. The second-order valence-electron chi connectivity index (χ2n) is 6.31. The van der Waals surface area contributed by atoms with Gasteiger partial charge in [-0.05, 0) is 61.6 Å². The normalized spacial score (nSPS) is 17.7. The molecule has 114 valence electrons. The zero-order chi connectivity index (χ0) is 15.1. The summed E-state index contributed by atoms with van der Waals surface area (Å²) in [5.41, 5.74) is 2.71. The van der Waals surface area contributed by atoms with E-state index in [0.717, 1.165) is 29.7 Å². The van der Waals surface area contributed by atoms with Crippen LogP contribution in [0.5, 0.6) is 0 Å². The van der Waals surface area contributed by atoms with Crippen molar-refractivity contribution < 1.29 is 4.39 Å². The zero-order valence-electron chi connectivity index (χ0n) is 12.4. The molecule has 0 bridgehead atoms. The van der Waals surface area contributed by atoms with Gasteiger partial charge in [0.15, 0.2) is 0 Å². The average molecular weight is 298 g/mol. The van der Waals surface area contributed by atoms with Crippen LogP contribution < -0.4 is 10.9 Å². The van der Waals surface area contributed by atoms with Crippen LogP contribution in [0.25, 0.3) is 11.3 Å². The second-order valence-corrected chi connectivity index (χ2v) is 6.31. The Morgan fingerprint density at radius 2 is 1.77 bits per heavy atom. The van der Waals surface area contributed by atoms with Crippen LogP contribution in [-0.4, -0.2) is 10.6 Å². The smallest absolute Gasteiger partial charge is 0.255 e. The molecule has 1 aromatic heterocycles. The summed E-state index contributed by atoms with van der Waals surface area (Å²) in [7, 11) is 0. The highest BCUT2D eigenvalue weighted by Crippen LogP contribution is 2.37. The van der Waals surface area contributed by atoms with Crippen molar-refractivity contribution in [3.05, 3.63) is 58.1 Å². The van der Waals surface area contributed by atoms with Gasteiger partial charge in [0.25, 0.3) is 5.56 Å². The summed E-state index contributed by atoms with van der Waals surface area (Å²) in [4.78, 5) is 12.8. The predicted molar refractivity (Wildman–Crippen MR) is 84.2 cm³/mol. The van der Waals surface area contributed by atoms with Crippen LogP contribution in [0.1, 0.15) is 37.3 Å². The lowest BCUT2D eigenvalue weighted by molar-refractivity contribution is 0.627. The summed E-state index contributed by atoms with van der Waals surface area (Å²) < 4.78 is 15.0. The molecule has 2 fully saturated rings. The highest BCUT2D eigenvalue weighted by atomic mass is 19.1. The molecule has 4 rings (SSSR count). The van der Waals surface area contributed by atoms with Crippen molar-refractivity contribution in [2.24, 2.45) is 0 Å². The van der Waals surface area contributed by atoms with Gasteiger partial charge in [0.1, 0.15) is 5.82 Å². The zero-order valence-corrected chi connectivity index (χ0v) is 12.4. The molecule has 2 aliphatic carbocycles. The number of hydrogen-bond acceptors (Lipinski definition) is 2. The van der Waals surface area contributed by atoms with Gasteiger partial charge in [-0.1, -0.05) is 6.07 Å². The van der Waals surface area contributed by atoms with E-state index in [9.17, 15) is 9.18 Å². The molecular weight excluding hydrogens is 279 g/mol. The van der Waals surface area contributed by atoms with Crippen LogP contribution in [0.15, 0.2) is 41.2 Å². The lowest BCUT2D eigenvalue weighted by atomic mass is 10.1. The summed E-state index contributed by atoms with van der Waals surface area (Å²) in [5, 5.41) is 3.40. The molecule has 4 heteroatoms. The van der Waals surface area contributed by atoms with E-state index in [2.05, 4.69) is 5.32 Å². The standard InChI is InChI=1S/C18H19FN2O/c19-14-4-1-12(2-5-14)17-10-3-13(11-20-15-6-7-15)18(22)21(17)16-8-9-16/h1-5,10,15-16,20H,6-9,11H2. The molecule has 2 saturated carbocycles. The second kappa shape index (κ2) is 5.36. The fraction of sp³-hybridized carbons (Fsp3) is 0.389. The van der Waals surface area contributed by atoms with Crippen molar-refractivity contribution in [3.8, 4) is 11.3 Å². The number of aromatic nitrogens is 1. The lowest BCUT2D eigenvalue weighted by Crippen LogP contribution is -2.28. The number of rotatable bonds is 5. The summed E-state index contributed by atoms with van der Waals surface area (Å²) in [5.74, 6) is -0.255. The molecule has 1 heterocycles. The van der Waals surface area contributed by atoms with Crippen molar-refractivity contribution in [2.45, 2.75) is 44.3 Å². The molecular formula is C18H19FN2O. The van der Waals surface area contributed by atoms with Gasteiger partial charge in [0.2, 0.25) is 0 Å². The molecule has 2 aliphatic rings. The Labute approximate surface area is 128 Å². The number of nitrogens with one attached hydrogen (secondary N) is 1. The number of pyridine rings is 1. The minimum absolute atomic E-state index is 0.0949. The van der Waals surface area contributed by atoms with Gasteiger partial charge in [-0.15, -0.1) is 0 Å². The highest BCUT2D eigenvalue weighted by molar-refractivity contribution is 5.60. The molecule has 0 atom stereocenters. The third-order valence-electron chi connectivity index (χ3n) is 4.41. The van der Waals surface area contributed by atoms with Crippen molar-refractivity contribution in [3.63, 3.8) is 0 Å². The first-order valence-corrected chi connectivity index (χ1v) is 7.96. The number of nitrogens with zero attached hydrogens (tertiary/aromatic N) is 1. The van der Waals surface area contributed by atoms with Crippen LogP contribution in [-0.2, 0) is 6.54 Å². The van der Waals surface area contributed by atoms with Crippen LogP contribution in [0.2, 0.25) is 0 Å². The molecule has 3 nitrogen and oxygen atoms in total. The van der Waals surface area contributed by atoms with Crippen LogP contribution in [0.3, 0.4) is 0 Å². The van der Waals surface area contributed by atoms with Crippen molar-refractivity contribution in [1.29, 1.82) is 0 Å². The van der Waals surface area contributed by atoms with Crippen molar-refractivity contribution in [2.75, 3.05) is 0 Å². The summed E-state index contributed by atoms with van der Waals surface area (Å²) in [6.07, 6.45) is 4.52. The average Bonchev–Trinajstić information content (AvgIpc) is 3.40. The first-order chi connectivity index (χ1) is 10.7. The highest BCUT2D eigenvalue weighted by Gasteiger charge is 2.28. The first kappa shape index (κ1) is 13.7. The van der Waals surface area contributed by atoms with E-state index in [0.29, 0.717) is 18.6 Å². The topological polar surface area (TPSA) is 34.0 Å². The fourth-order valence-electron chi connectivity index (χ4n) is 2.82. The predicted octanol–water partition coefficient (Wildman–Crippen LogP) is 3.24. The third-order valence-corrected chi connectivity index (χ3v) is 4.41. The van der Waals surface area contributed by atoms with Crippen LogP contribution >= 0.6 is 0 Å². The Balaban J connectivity index is 1.72. The molecule has 1 aromatic carbocycles. The summed E-state index contributed by atoms with van der Waals surface area (Å²) in [6, 6.07) is 11.2. The third kappa shape index (κ3) is 2.71. The van der Waals surface area contributed by atoms with Crippen molar-refractivity contribution >= 4 is 0 Å².